The Labute approximate surface area is 221 Å². The zero-order chi connectivity index (χ0) is 28.0. The number of hydrogen-bond donors (Lipinski definition) is 2. The van der Waals surface area contributed by atoms with E-state index in [2.05, 4.69) is 10.2 Å². The van der Waals surface area contributed by atoms with Crippen molar-refractivity contribution in [3.63, 3.8) is 0 Å². The molecule has 11 heteroatoms. The van der Waals surface area contributed by atoms with Crippen LogP contribution in [0.1, 0.15) is 22.8 Å². The first kappa shape index (κ1) is 28.3. The van der Waals surface area contributed by atoms with Crippen LogP contribution in [-0.4, -0.2) is 91.6 Å². The summed E-state index contributed by atoms with van der Waals surface area (Å²) < 4.78 is 5.47. The first-order valence-corrected chi connectivity index (χ1v) is 12.0. The molecule has 2 N–H and O–H groups in total. The largest absolute Gasteiger partial charge is 0.380 e. The summed E-state index contributed by atoms with van der Waals surface area (Å²) in [6.45, 7) is 9.23. The van der Waals surface area contributed by atoms with Gasteiger partial charge < -0.3 is 29.9 Å². The van der Waals surface area contributed by atoms with Gasteiger partial charge in [0.25, 0.3) is 17.7 Å². The van der Waals surface area contributed by atoms with E-state index in [0.717, 1.165) is 5.56 Å². The summed E-state index contributed by atoms with van der Waals surface area (Å²) in [5.74, 6) is -2.07. The van der Waals surface area contributed by atoms with Crippen molar-refractivity contribution in [2.24, 2.45) is 0 Å². The molecule has 1 saturated heterocycles. The van der Waals surface area contributed by atoms with Crippen molar-refractivity contribution in [3.05, 3.63) is 65.0 Å². The zero-order valence-electron chi connectivity index (χ0n) is 21.8. The number of aliphatic hydroxyl groups is 1. The van der Waals surface area contributed by atoms with E-state index in [1.54, 1.807) is 50.5 Å². The molecule has 1 aliphatic rings. The van der Waals surface area contributed by atoms with E-state index in [9.17, 15) is 24.3 Å². The summed E-state index contributed by atoms with van der Waals surface area (Å²) in [6.07, 6.45) is -2.65. The van der Waals surface area contributed by atoms with Crippen LogP contribution in [0.4, 0.5) is 17.1 Å². The highest BCUT2D eigenvalue weighted by Gasteiger charge is 2.39. The molecule has 11 nitrogen and oxygen atoms in total. The van der Waals surface area contributed by atoms with E-state index < -0.39 is 29.9 Å². The van der Waals surface area contributed by atoms with Crippen LogP contribution < -0.4 is 10.2 Å². The van der Waals surface area contributed by atoms with Crippen molar-refractivity contribution < 1.29 is 29.0 Å². The zero-order valence-corrected chi connectivity index (χ0v) is 21.8. The number of anilines is 2. The van der Waals surface area contributed by atoms with Gasteiger partial charge in [-0.3, -0.25) is 19.2 Å². The topological polar surface area (TPSA) is 124 Å². The van der Waals surface area contributed by atoms with Crippen LogP contribution in [0.3, 0.4) is 0 Å². The van der Waals surface area contributed by atoms with Crippen molar-refractivity contribution in [2.45, 2.75) is 25.6 Å². The van der Waals surface area contributed by atoms with E-state index in [1.165, 1.54) is 27.8 Å². The van der Waals surface area contributed by atoms with Gasteiger partial charge in [0.15, 0.2) is 17.9 Å². The molecule has 0 spiro atoms. The molecule has 0 unspecified atom stereocenters. The van der Waals surface area contributed by atoms with Crippen molar-refractivity contribution in [1.29, 1.82) is 0 Å². The standard InChI is InChI=1S/C27H31N5O6/c1-6-17-14-19(10-11-21(17)28-2)29-25(35)23(34)24-27(37)32(12-13-38-24)20-9-7-8-18(15-20)26(36)31(5)16-22(33)30(3)4/h7-11,14-15,23-24,34H,6,12-13,16H2,1,3-5H3,(H,29,35)/t23-,24-/m1/s1. The lowest BCUT2D eigenvalue weighted by atomic mass is 10.1. The first-order chi connectivity index (χ1) is 18.1. The van der Waals surface area contributed by atoms with Gasteiger partial charge in [-0.05, 0) is 42.3 Å². The quantitative estimate of drug-likeness (QED) is 0.510. The Kier molecular flexibility index (Phi) is 9.17. The molecule has 2 atom stereocenters. The molecule has 0 aromatic heterocycles. The third kappa shape index (κ3) is 6.34. The van der Waals surface area contributed by atoms with E-state index in [-0.39, 0.29) is 31.2 Å². The molecule has 1 heterocycles. The molecule has 4 amide bonds. The lowest BCUT2D eigenvalue weighted by Gasteiger charge is -2.34. The third-order valence-corrected chi connectivity index (χ3v) is 6.15. The van der Waals surface area contributed by atoms with Crippen LogP contribution in [-0.2, 0) is 25.5 Å². The molecule has 3 rings (SSSR count). The Balaban J connectivity index is 1.73. The summed E-state index contributed by atoms with van der Waals surface area (Å²) in [6, 6.07) is 11.1. The fourth-order valence-electron chi connectivity index (χ4n) is 3.94. The molecule has 0 radical (unpaired) electrons. The van der Waals surface area contributed by atoms with Gasteiger partial charge in [-0.25, -0.2) is 4.85 Å². The normalized spacial score (nSPS) is 15.8. The summed E-state index contributed by atoms with van der Waals surface area (Å²) in [5.41, 5.74) is 2.29. The van der Waals surface area contributed by atoms with E-state index >= 15 is 0 Å². The number of rotatable bonds is 8. The van der Waals surface area contributed by atoms with Crippen LogP contribution in [0.25, 0.3) is 4.85 Å². The number of hydrogen-bond acceptors (Lipinski definition) is 6. The first-order valence-electron chi connectivity index (χ1n) is 12.0. The van der Waals surface area contributed by atoms with Crippen LogP contribution in [0.2, 0.25) is 0 Å². The van der Waals surface area contributed by atoms with Crippen molar-refractivity contribution >= 4 is 40.7 Å². The van der Waals surface area contributed by atoms with Crippen LogP contribution in [0.15, 0.2) is 42.5 Å². The predicted molar refractivity (Wildman–Crippen MR) is 141 cm³/mol. The molecule has 1 aliphatic heterocycles. The number of benzene rings is 2. The number of carbonyl (C=O) groups is 4. The number of ether oxygens (including phenoxy) is 1. The highest BCUT2D eigenvalue weighted by Crippen LogP contribution is 2.25. The molecular weight excluding hydrogens is 490 g/mol. The maximum absolute atomic E-state index is 13.2. The molecule has 1 fully saturated rings. The van der Waals surface area contributed by atoms with Gasteiger partial charge in [0.2, 0.25) is 5.91 Å². The number of aryl methyl sites for hydroxylation is 1. The molecular formula is C27H31N5O6. The SMILES string of the molecule is [C-]#[N+]c1ccc(NC(=O)[C@H](O)[C@H]2OCCN(c3cccc(C(=O)N(C)CC(=O)N(C)C)c3)C2=O)cc1CC. The Morgan fingerprint density at radius 2 is 1.95 bits per heavy atom. The summed E-state index contributed by atoms with van der Waals surface area (Å²) in [5, 5.41) is 13.3. The fourth-order valence-corrected chi connectivity index (χ4v) is 3.94. The van der Waals surface area contributed by atoms with Crippen molar-refractivity contribution in [1.82, 2.24) is 9.80 Å². The van der Waals surface area contributed by atoms with Gasteiger partial charge >= 0.3 is 0 Å². The Morgan fingerprint density at radius 3 is 2.61 bits per heavy atom. The number of morpholine rings is 1. The second kappa shape index (κ2) is 12.3. The third-order valence-electron chi connectivity index (χ3n) is 6.15. The summed E-state index contributed by atoms with van der Waals surface area (Å²) >= 11 is 0. The minimum Gasteiger partial charge on any atom is -0.380 e. The molecule has 2 aromatic rings. The molecule has 0 bridgehead atoms. The number of nitrogens with zero attached hydrogens (tertiary/aromatic N) is 4. The fraction of sp³-hybridized carbons (Fsp3) is 0.370. The minimum absolute atomic E-state index is 0.0653. The second-order valence-corrected chi connectivity index (χ2v) is 9.02. The van der Waals surface area contributed by atoms with Gasteiger partial charge in [0.1, 0.15) is 0 Å². The number of nitrogens with one attached hydrogen (secondary N) is 1. The molecule has 0 aliphatic carbocycles. The highest BCUT2D eigenvalue weighted by molar-refractivity contribution is 6.05. The average Bonchev–Trinajstić information content (AvgIpc) is 2.92. The monoisotopic (exact) mass is 521 g/mol. The highest BCUT2D eigenvalue weighted by atomic mass is 16.5. The average molecular weight is 522 g/mol. The van der Waals surface area contributed by atoms with Gasteiger partial charge in [-0.2, -0.15) is 0 Å². The van der Waals surface area contributed by atoms with Gasteiger partial charge in [-0.1, -0.05) is 19.1 Å². The van der Waals surface area contributed by atoms with Gasteiger partial charge in [0.05, 0.1) is 19.7 Å². The van der Waals surface area contributed by atoms with Gasteiger partial charge in [-0.15, -0.1) is 0 Å². The number of carbonyl (C=O) groups excluding carboxylic acids is 4. The van der Waals surface area contributed by atoms with Crippen LogP contribution in [0, 0.1) is 6.57 Å². The maximum Gasteiger partial charge on any atom is 0.259 e. The Bertz CT molecular complexity index is 1270. The molecule has 2 aromatic carbocycles. The smallest absolute Gasteiger partial charge is 0.259 e. The van der Waals surface area contributed by atoms with Crippen molar-refractivity contribution in [3.8, 4) is 0 Å². The summed E-state index contributed by atoms with van der Waals surface area (Å²) in [4.78, 5) is 58.3. The lowest BCUT2D eigenvalue weighted by Crippen LogP contribution is -2.55. The Hall–Kier alpha value is -4.27. The van der Waals surface area contributed by atoms with Crippen molar-refractivity contribution in [2.75, 3.05) is 51.1 Å². The van der Waals surface area contributed by atoms with E-state index in [4.69, 9.17) is 11.3 Å². The number of amides is 4. The predicted octanol–water partition coefficient (Wildman–Crippen LogP) is 1.69. The van der Waals surface area contributed by atoms with Crippen LogP contribution in [0.5, 0.6) is 0 Å². The summed E-state index contributed by atoms with van der Waals surface area (Å²) in [7, 11) is 4.72. The lowest BCUT2D eigenvalue weighted by molar-refractivity contribution is -0.150. The van der Waals surface area contributed by atoms with E-state index in [1.807, 2.05) is 6.92 Å². The minimum atomic E-state index is -1.79. The Morgan fingerprint density at radius 1 is 1.21 bits per heavy atom. The number of likely N-dealkylation sites (N-methyl/N-ethyl adjacent to an activating group) is 2. The van der Waals surface area contributed by atoms with E-state index in [0.29, 0.717) is 23.5 Å². The number of aliphatic hydroxyl groups excluding tert-OH is 1. The van der Waals surface area contributed by atoms with Gasteiger partial charge in [0, 0.05) is 44.6 Å². The van der Waals surface area contributed by atoms with Crippen LogP contribution >= 0.6 is 0 Å². The second-order valence-electron chi connectivity index (χ2n) is 9.02. The maximum atomic E-state index is 13.2. The molecule has 0 saturated carbocycles. The molecule has 38 heavy (non-hydrogen) atoms. The molecule has 200 valence electrons.